The van der Waals surface area contributed by atoms with Crippen LogP contribution < -0.4 is 0 Å². The Morgan fingerprint density at radius 1 is 1.83 bits per heavy atom. The van der Waals surface area contributed by atoms with Crippen LogP contribution >= 0.6 is 0 Å². The highest BCUT2D eigenvalue weighted by Gasteiger charge is 2.05. The SMILES string of the molecule is CC=C1CCO1. The summed E-state index contributed by atoms with van der Waals surface area (Å²) in [5.41, 5.74) is 0. The van der Waals surface area contributed by atoms with Gasteiger partial charge in [0.25, 0.3) is 0 Å². The smallest absolute Gasteiger partial charge is 0.0951 e. The normalized spacial score (nSPS) is 25.8. The zero-order valence-electron chi connectivity index (χ0n) is 3.90. The molecule has 1 aliphatic heterocycles. The van der Waals surface area contributed by atoms with Crippen molar-refractivity contribution in [3.8, 4) is 0 Å². The number of allylic oxidation sites excluding steroid dienone is 1. The number of rotatable bonds is 0. The van der Waals surface area contributed by atoms with Crippen molar-refractivity contribution in [2.75, 3.05) is 6.61 Å². The minimum absolute atomic E-state index is 0.930. The molecule has 1 nitrogen and oxygen atoms in total. The molecule has 0 aromatic heterocycles. The minimum Gasteiger partial charge on any atom is -0.498 e. The molecule has 34 valence electrons. The van der Waals surface area contributed by atoms with Gasteiger partial charge in [-0.2, -0.15) is 0 Å². The predicted octanol–water partition coefficient (Wildman–Crippen LogP) is 1.31. The van der Waals surface area contributed by atoms with E-state index < -0.39 is 0 Å². The van der Waals surface area contributed by atoms with Crippen molar-refractivity contribution in [3.05, 3.63) is 11.8 Å². The van der Waals surface area contributed by atoms with Gasteiger partial charge in [-0.1, -0.05) is 0 Å². The average molecular weight is 84.1 g/mol. The Hall–Kier alpha value is -0.460. The third-order valence-electron chi connectivity index (χ3n) is 0.958. The fourth-order valence-corrected chi connectivity index (χ4v) is 0.448. The second-order valence-corrected chi connectivity index (χ2v) is 1.35. The molecule has 1 fully saturated rings. The first-order valence-electron chi connectivity index (χ1n) is 2.21. The monoisotopic (exact) mass is 84.1 g/mol. The lowest BCUT2D eigenvalue weighted by Gasteiger charge is -2.17. The highest BCUT2D eigenvalue weighted by Crippen LogP contribution is 2.13. The molecule has 0 N–H and O–H groups in total. The topological polar surface area (TPSA) is 9.23 Å². The Labute approximate surface area is 37.6 Å². The van der Waals surface area contributed by atoms with E-state index in [1.807, 2.05) is 13.0 Å². The van der Waals surface area contributed by atoms with Gasteiger partial charge in [0.2, 0.25) is 0 Å². The molecule has 1 heterocycles. The van der Waals surface area contributed by atoms with Gasteiger partial charge in [-0.05, 0) is 13.0 Å². The van der Waals surface area contributed by atoms with Crippen LogP contribution in [0.3, 0.4) is 0 Å². The average Bonchev–Trinajstić information content (AvgIpc) is 1.31. The summed E-state index contributed by atoms with van der Waals surface area (Å²) in [4.78, 5) is 0. The standard InChI is InChI=1S/C5H8O/c1-2-5-3-4-6-5/h2H,3-4H2,1H3. The van der Waals surface area contributed by atoms with Gasteiger partial charge in [0.05, 0.1) is 12.4 Å². The summed E-state index contributed by atoms with van der Waals surface area (Å²) in [5.74, 6) is 1.15. The molecular formula is C5H8O. The summed E-state index contributed by atoms with van der Waals surface area (Å²) >= 11 is 0. The predicted molar refractivity (Wildman–Crippen MR) is 24.3 cm³/mol. The van der Waals surface area contributed by atoms with E-state index in [1.165, 1.54) is 0 Å². The molecule has 0 radical (unpaired) electrons. The maximum atomic E-state index is 4.94. The van der Waals surface area contributed by atoms with Crippen molar-refractivity contribution in [1.82, 2.24) is 0 Å². The maximum absolute atomic E-state index is 4.94. The minimum atomic E-state index is 0.930. The molecule has 0 unspecified atom stereocenters. The molecular weight excluding hydrogens is 76.1 g/mol. The van der Waals surface area contributed by atoms with Crippen molar-refractivity contribution < 1.29 is 4.74 Å². The Morgan fingerprint density at radius 3 is 2.50 bits per heavy atom. The highest BCUT2D eigenvalue weighted by molar-refractivity contribution is 4.96. The number of hydrogen-bond acceptors (Lipinski definition) is 1. The van der Waals surface area contributed by atoms with Crippen molar-refractivity contribution in [3.63, 3.8) is 0 Å². The first kappa shape index (κ1) is 3.72. The van der Waals surface area contributed by atoms with Gasteiger partial charge in [0, 0.05) is 6.42 Å². The van der Waals surface area contributed by atoms with Crippen LogP contribution in [0.1, 0.15) is 13.3 Å². The van der Waals surface area contributed by atoms with Crippen LogP contribution in [0, 0.1) is 0 Å². The van der Waals surface area contributed by atoms with Crippen LogP contribution in [0.25, 0.3) is 0 Å². The first-order valence-corrected chi connectivity index (χ1v) is 2.21. The van der Waals surface area contributed by atoms with Crippen LogP contribution in [0.2, 0.25) is 0 Å². The van der Waals surface area contributed by atoms with E-state index in [9.17, 15) is 0 Å². The summed E-state index contributed by atoms with van der Waals surface area (Å²) < 4.78 is 4.94. The van der Waals surface area contributed by atoms with E-state index in [-0.39, 0.29) is 0 Å². The van der Waals surface area contributed by atoms with Crippen LogP contribution in [0.4, 0.5) is 0 Å². The lowest BCUT2D eigenvalue weighted by molar-refractivity contribution is 0.117. The van der Waals surface area contributed by atoms with Gasteiger partial charge in [0.15, 0.2) is 0 Å². The van der Waals surface area contributed by atoms with Crippen LogP contribution in [0.15, 0.2) is 11.8 Å². The van der Waals surface area contributed by atoms with Crippen molar-refractivity contribution >= 4 is 0 Å². The zero-order chi connectivity index (χ0) is 4.41. The molecule has 1 aliphatic rings. The molecule has 0 aromatic carbocycles. The van der Waals surface area contributed by atoms with Crippen molar-refractivity contribution in [2.45, 2.75) is 13.3 Å². The van der Waals surface area contributed by atoms with Crippen LogP contribution in [-0.2, 0) is 4.74 Å². The van der Waals surface area contributed by atoms with Gasteiger partial charge in [-0.3, -0.25) is 0 Å². The molecule has 0 aromatic rings. The van der Waals surface area contributed by atoms with Gasteiger partial charge in [0.1, 0.15) is 0 Å². The van der Waals surface area contributed by atoms with Gasteiger partial charge >= 0.3 is 0 Å². The molecule has 0 spiro atoms. The fraction of sp³-hybridized carbons (Fsp3) is 0.600. The first-order chi connectivity index (χ1) is 2.93. The van der Waals surface area contributed by atoms with Crippen molar-refractivity contribution in [1.29, 1.82) is 0 Å². The summed E-state index contributed by atoms with van der Waals surface area (Å²) in [6, 6.07) is 0. The lowest BCUT2D eigenvalue weighted by atomic mass is 10.3. The molecule has 1 saturated heterocycles. The van der Waals surface area contributed by atoms with Crippen LogP contribution in [-0.4, -0.2) is 6.61 Å². The Balaban J connectivity index is 2.34. The van der Waals surface area contributed by atoms with Gasteiger partial charge < -0.3 is 4.74 Å². The summed E-state index contributed by atoms with van der Waals surface area (Å²) in [6.07, 6.45) is 3.15. The third kappa shape index (κ3) is 0.402. The Morgan fingerprint density at radius 2 is 2.50 bits per heavy atom. The lowest BCUT2D eigenvalue weighted by Crippen LogP contribution is -2.07. The largest absolute Gasteiger partial charge is 0.498 e. The number of hydrogen-bond donors (Lipinski definition) is 0. The molecule has 0 atom stereocenters. The summed E-state index contributed by atoms with van der Waals surface area (Å²) in [6.45, 7) is 2.92. The zero-order valence-corrected chi connectivity index (χ0v) is 3.90. The second kappa shape index (κ2) is 1.33. The van der Waals surface area contributed by atoms with Crippen LogP contribution in [0.5, 0.6) is 0 Å². The van der Waals surface area contributed by atoms with Gasteiger partial charge in [-0.15, -0.1) is 0 Å². The maximum Gasteiger partial charge on any atom is 0.0951 e. The Bertz CT molecular complexity index is 68.0. The van der Waals surface area contributed by atoms with E-state index >= 15 is 0 Å². The third-order valence-corrected chi connectivity index (χ3v) is 0.958. The quantitative estimate of drug-likeness (QED) is 0.430. The molecule has 1 rings (SSSR count). The summed E-state index contributed by atoms with van der Waals surface area (Å²) in [5, 5.41) is 0. The molecule has 0 amide bonds. The molecule has 0 saturated carbocycles. The second-order valence-electron chi connectivity index (χ2n) is 1.35. The summed E-state index contributed by atoms with van der Waals surface area (Å²) in [7, 11) is 0. The van der Waals surface area contributed by atoms with Gasteiger partial charge in [-0.25, -0.2) is 0 Å². The van der Waals surface area contributed by atoms with E-state index in [1.54, 1.807) is 0 Å². The highest BCUT2D eigenvalue weighted by atomic mass is 16.5. The van der Waals surface area contributed by atoms with E-state index in [4.69, 9.17) is 4.74 Å². The molecule has 0 aliphatic carbocycles. The molecule has 6 heavy (non-hydrogen) atoms. The Kier molecular flexibility index (Phi) is 0.825. The number of ether oxygens (including phenoxy) is 1. The molecule has 0 bridgehead atoms. The van der Waals surface area contributed by atoms with E-state index in [0.717, 1.165) is 18.8 Å². The van der Waals surface area contributed by atoms with Crippen molar-refractivity contribution in [2.24, 2.45) is 0 Å². The molecule has 1 heteroatoms. The van der Waals surface area contributed by atoms with E-state index in [0.29, 0.717) is 0 Å². The van der Waals surface area contributed by atoms with E-state index in [2.05, 4.69) is 0 Å². The fourth-order valence-electron chi connectivity index (χ4n) is 0.448.